The molecule has 0 saturated carbocycles. The largest absolute Gasteiger partial charge is 0.399 e. The quantitative estimate of drug-likeness (QED) is 0.830. The van der Waals surface area contributed by atoms with Gasteiger partial charge in [-0.05, 0) is 37.0 Å². The minimum absolute atomic E-state index is 0. The topological polar surface area (TPSA) is 64.4 Å². The van der Waals surface area contributed by atoms with E-state index in [1.54, 1.807) is 0 Å². The average Bonchev–Trinajstić information content (AvgIpc) is 2.40. The first kappa shape index (κ1) is 15.8. The Kier molecular flexibility index (Phi) is 6.67. The van der Waals surface area contributed by atoms with Gasteiger partial charge in [0.15, 0.2) is 0 Å². The smallest absolute Gasteiger partial charge is 0.224 e. The summed E-state index contributed by atoms with van der Waals surface area (Å²) in [5.41, 5.74) is 7.29. The second kappa shape index (κ2) is 8.02. The van der Waals surface area contributed by atoms with Crippen LogP contribution in [0.3, 0.4) is 0 Å². The number of nitrogen functional groups attached to an aromatic ring is 1. The third-order valence-corrected chi connectivity index (χ3v) is 3.15. The van der Waals surface area contributed by atoms with Gasteiger partial charge < -0.3 is 15.8 Å². The highest BCUT2D eigenvalue weighted by molar-refractivity contribution is 5.85. The van der Waals surface area contributed by atoms with E-state index >= 15 is 0 Å². The summed E-state index contributed by atoms with van der Waals surface area (Å²) in [4.78, 5) is 11.7. The Morgan fingerprint density at radius 3 is 2.68 bits per heavy atom. The number of carbonyl (C=O) groups is 1. The Hall–Kier alpha value is -1.26. The molecule has 3 N–H and O–H groups in total. The Morgan fingerprint density at radius 2 is 2.05 bits per heavy atom. The van der Waals surface area contributed by atoms with Crippen LogP contribution in [0.15, 0.2) is 24.3 Å². The van der Waals surface area contributed by atoms with Gasteiger partial charge in [-0.3, -0.25) is 4.79 Å². The zero-order valence-corrected chi connectivity index (χ0v) is 11.7. The van der Waals surface area contributed by atoms with Crippen LogP contribution < -0.4 is 11.1 Å². The first-order valence-corrected chi connectivity index (χ1v) is 6.47. The number of ether oxygens (including phenoxy) is 1. The van der Waals surface area contributed by atoms with Crippen LogP contribution in [-0.2, 0) is 16.0 Å². The molecule has 5 heteroatoms. The van der Waals surface area contributed by atoms with E-state index in [4.69, 9.17) is 10.5 Å². The van der Waals surface area contributed by atoms with Crippen LogP contribution in [-0.4, -0.2) is 25.2 Å². The molecule has 0 aliphatic carbocycles. The van der Waals surface area contributed by atoms with Crippen LogP contribution >= 0.6 is 12.4 Å². The predicted molar refractivity (Wildman–Crippen MR) is 78.4 cm³/mol. The Morgan fingerprint density at radius 1 is 1.32 bits per heavy atom. The number of nitrogens with two attached hydrogens (primary N) is 1. The van der Waals surface area contributed by atoms with Crippen molar-refractivity contribution in [2.24, 2.45) is 0 Å². The number of benzene rings is 1. The van der Waals surface area contributed by atoms with Crippen LogP contribution in [0, 0.1) is 0 Å². The number of amides is 1. The van der Waals surface area contributed by atoms with Gasteiger partial charge in [0, 0.05) is 18.8 Å². The van der Waals surface area contributed by atoms with Gasteiger partial charge in [-0.2, -0.15) is 0 Å². The third-order valence-electron chi connectivity index (χ3n) is 3.15. The van der Waals surface area contributed by atoms with E-state index in [-0.39, 0.29) is 24.4 Å². The highest BCUT2D eigenvalue weighted by Crippen LogP contribution is 2.11. The standard InChI is InChI=1S/C14H20N2O2.ClH/c15-12-6-4-11(5-7-12)9-14(17)16-10-13-3-1-2-8-18-13;/h4-7,13H,1-3,8-10,15H2,(H,16,17);1H. The fourth-order valence-corrected chi connectivity index (χ4v) is 2.08. The fraction of sp³-hybridized carbons (Fsp3) is 0.500. The summed E-state index contributed by atoms with van der Waals surface area (Å²) in [6.45, 7) is 1.44. The van der Waals surface area contributed by atoms with Crippen molar-refractivity contribution in [2.75, 3.05) is 18.9 Å². The maximum Gasteiger partial charge on any atom is 0.224 e. The summed E-state index contributed by atoms with van der Waals surface area (Å²) in [6.07, 6.45) is 3.96. The van der Waals surface area contributed by atoms with E-state index in [0.717, 1.165) is 30.7 Å². The molecule has 1 saturated heterocycles. The number of nitrogens with one attached hydrogen (secondary N) is 1. The molecule has 1 heterocycles. The van der Waals surface area contributed by atoms with Gasteiger partial charge in [-0.15, -0.1) is 12.4 Å². The molecular formula is C14H21ClN2O2. The molecule has 0 aromatic heterocycles. The molecule has 1 unspecified atom stereocenters. The molecule has 1 amide bonds. The lowest BCUT2D eigenvalue weighted by Crippen LogP contribution is -2.36. The van der Waals surface area contributed by atoms with Gasteiger partial charge in [0.25, 0.3) is 0 Å². The first-order valence-electron chi connectivity index (χ1n) is 6.47. The Bertz CT molecular complexity index is 389. The molecule has 1 aliphatic rings. The van der Waals surface area contributed by atoms with Gasteiger partial charge in [-0.25, -0.2) is 0 Å². The van der Waals surface area contributed by atoms with Gasteiger partial charge in [0.2, 0.25) is 5.91 Å². The van der Waals surface area contributed by atoms with E-state index in [9.17, 15) is 4.79 Å². The van der Waals surface area contributed by atoms with Crippen molar-refractivity contribution in [3.8, 4) is 0 Å². The first-order chi connectivity index (χ1) is 8.74. The molecule has 1 fully saturated rings. The van der Waals surface area contributed by atoms with Crippen molar-refractivity contribution in [2.45, 2.75) is 31.8 Å². The molecule has 106 valence electrons. The summed E-state index contributed by atoms with van der Waals surface area (Å²) in [7, 11) is 0. The molecule has 4 nitrogen and oxygen atoms in total. The van der Waals surface area contributed by atoms with Crippen LogP contribution in [0.4, 0.5) is 5.69 Å². The van der Waals surface area contributed by atoms with Crippen LogP contribution in [0.1, 0.15) is 24.8 Å². The molecule has 1 aliphatic heterocycles. The molecule has 1 aromatic rings. The highest BCUT2D eigenvalue weighted by atomic mass is 35.5. The zero-order valence-electron chi connectivity index (χ0n) is 10.9. The van der Waals surface area contributed by atoms with E-state index in [2.05, 4.69) is 5.32 Å². The summed E-state index contributed by atoms with van der Waals surface area (Å²) in [5, 5.41) is 2.92. The van der Waals surface area contributed by atoms with Gasteiger partial charge >= 0.3 is 0 Å². The molecule has 1 atom stereocenters. The Balaban J connectivity index is 0.00000180. The van der Waals surface area contributed by atoms with Crippen molar-refractivity contribution in [3.05, 3.63) is 29.8 Å². The van der Waals surface area contributed by atoms with Crippen molar-refractivity contribution in [3.63, 3.8) is 0 Å². The monoisotopic (exact) mass is 284 g/mol. The lowest BCUT2D eigenvalue weighted by Gasteiger charge is -2.22. The van der Waals surface area contributed by atoms with E-state index in [1.807, 2.05) is 24.3 Å². The summed E-state index contributed by atoms with van der Waals surface area (Å²) < 4.78 is 5.56. The summed E-state index contributed by atoms with van der Waals surface area (Å²) in [5.74, 6) is 0.0361. The lowest BCUT2D eigenvalue weighted by molar-refractivity contribution is -0.121. The summed E-state index contributed by atoms with van der Waals surface area (Å²) in [6, 6.07) is 7.39. The second-order valence-electron chi connectivity index (χ2n) is 4.71. The molecule has 0 spiro atoms. The second-order valence-corrected chi connectivity index (χ2v) is 4.71. The van der Waals surface area contributed by atoms with Crippen molar-refractivity contribution in [1.29, 1.82) is 0 Å². The number of carbonyl (C=O) groups excluding carboxylic acids is 1. The molecule has 0 bridgehead atoms. The third kappa shape index (κ3) is 5.49. The lowest BCUT2D eigenvalue weighted by atomic mass is 10.1. The average molecular weight is 285 g/mol. The highest BCUT2D eigenvalue weighted by Gasteiger charge is 2.14. The molecule has 1 aromatic carbocycles. The minimum atomic E-state index is 0. The van der Waals surface area contributed by atoms with Crippen LogP contribution in [0.2, 0.25) is 0 Å². The van der Waals surface area contributed by atoms with Gasteiger partial charge in [-0.1, -0.05) is 12.1 Å². The van der Waals surface area contributed by atoms with Crippen molar-refractivity contribution < 1.29 is 9.53 Å². The molecule has 0 radical (unpaired) electrons. The minimum Gasteiger partial charge on any atom is -0.399 e. The van der Waals surface area contributed by atoms with Crippen molar-refractivity contribution >= 4 is 24.0 Å². The normalized spacial score (nSPS) is 18.4. The molecule has 19 heavy (non-hydrogen) atoms. The van der Waals surface area contributed by atoms with Crippen LogP contribution in [0.5, 0.6) is 0 Å². The number of hydrogen-bond acceptors (Lipinski definition) is 3. The number of halogens is 1. The van der Waals surface area contributed by atoms with Crippen LogP contribution in [0.25, 0.3) is 0 Å². The number of anilines is 1. The number of rotatable bonds is 4. The fourth-order valence-electron chi connectivity index (χ4n) is 2.08. The van der Waals surface area contributed by atoms with Crippen molar-refractivity contribution in [1.82, 2.24) is 5.32 Å². The van der Waals surface area contributed by atoms with E-state index in [1.165, 1.54) is 6.42 Å². The van der Waals surface area contributed by atoms with Gasteiger partial charge in [0.1, 0.15) is 0 Å². The Labute approximate surface area is 120 Å². The number of hydrogen-bond donors (Lipinski definition) is 2. The summed E-state index contributed by atoms with van der Waals surface area (Å²) >= 11 is 0. The maximum atomic E-state index is 11.7. The predicted octanol–water partition coefficient (Wildman–Crippen LogP) is 1.92. The molecular weight excluding hydrogens is 264 g/mol. The zero-order chi connectivity index (χ0) is 12.8. The SMILES string of the molecule is Cl.Nc1ccc(CC(=O)NCC2CCCCO2)cc1. The van der Waals surface area contributed by atoms with Gasteiger partial charge in [0.05, 0.1) is 12.5 Å². The maximum absolute atomic E-state index is 11.7. The van der Waals surface area contributed by atoms with E-state index < -0.39 is 0 Å². The molecule has 2 rings (SSSR count). The van der Waals surface area contributed by atoms with E-state index in [0.29, 0.717) is 13.0 Å².